The fourth-order valence-corrected chi connectivity index (χ4v) is 2.68. The van der Waals surface area contributed by atoms with Crippen LogP contribution in [0.5, 0.6) is 5.75 Å². The highest BCUT2D eigenvalue weighted by Gasteiger charge is 2.47. The first-order valence-corrected chi connectivity index (χ1v) is 7.13. The van der Waals surface area contributed by atoms with Crippen molar-refractivity contribution in [3.05, 3.63) is 45.5 Å². The van der Waals surface area contributed by atoms with Gasteiger partial charge in [-0.15, -0.1) is 0 Å². The molecule has 1 aromatic carbocycles. The number of carbonyl (C=O) groups excluding carboxylic acids is 1. The van der Waals surface area contributed by atoms with Gasteiger partial charge in [0.1, 0.15) is 0 Å². The first-order valence-electron chi connectivity index (χ1n) is 7.13. The van der Waals surface area contributed by atoms with Gasteiger partial charge in [0.25, 0.3) is 0 Å². The number of ether oxygens (including phenoxy) is 2. The lowest BCUT2D eigenvalue weighted by molar-refractivity contribution is -0.386. The molecule has 0 aliphatic heterocycles. The van der Waals surface area contributed by atoms with Gasteiger partial charge in [-0.25, -0.2) is 4.79 Å². The Morgan fingerprint density at radius 3 is 2.87 bits per heavy atom. The number of methoxy groups -OCH3 is 1. The first kappa shape index (κ1) is 16.5. The number of hydrogen-bond donors (Lipinski definition) is 0. The monoisotopic (exact) mass is 316 g/mol. The summed E-state index contributed by atoms with van der Waals surface area (Å²) >= 11 is 0. The summed E-state index contributed by atoms with van der Waals surface area (Å²) in [4.78, 5) is 22.8. The summed E-state index contributed by atoms with van der Waals surface area (Å²) in [5.41, 5.74) is 0.673. The van der Waals surface area contributed by atoms with Crippen molar-refractivity contribution >= 4 is 11.7 Å². The third kappa shape index (κ3) is 3.31. The molecule has 7 nitrogen and oxygen atoms in total. The van der Waals surface area contributed by atoms with Crippen LogP contribution in [0.1, 0.15) is 24.8 Å². The maximum atomic E-state index is 11.9. The Morgan fingerprint density at radius 1 is 1.57 bits per heavy atom. The molecule has 1 aromatic rings. The van der Waals surface area contributed by atoms with E-state index in [-0.39, 0.29) is 35.5 Å². The molecule has 7 heteroatoms. The smallest absolute Gasteiger partial charge is 0.335 e. The Labute approximate surface area is 133 Å². The summed E-state index contributed by atoms with van der Waals surface area (Å²) < 4.78 is 10.0. The summed E-state index contributed by atoms with van der Waals surface area (Å²) in [6, 6.07) is 6.69. The molecule has 1 aliphatic carbocycles. The molecule has 0 N–H and O–H groups in total. The molecule has 2 atom stereocenters. The SMILES string of the molecule is CCOC(=O)/C(=C\C#N)[C@@H]1C[C@@H]1c1cccc(OC)c1[N+](=O)[O-]. The Bertz CT molecular complexity index is 705. The molecular formula is C16H16N2O5. The largest absolute Gasteiger partial charge is 0.490 e. The molecule has 2 rings (SSSR count). The van der Waals surface area contributed by atoms with Gasteiger partial charge >= 0.3 is 11.7 Å². The normalized spacial score (nSPS) is 19.6. The molecule has 120 valence electrons. The summed E-state index contributed by atoms with van der Waals surface area (Å²) in [6.07, 6.45) is 1.72. The lowest BCUT2D eigenvalue weighted by Crippen LogP contribution is -2.10. The molecule has 23 heavy (non-hydrogen) atoms. The fraction of sp³-hybridized carbons (Fsp3) is 0.375. The molecule has 1 aliphatic rings. The van der Waals surface area contributed by atoms with Crippen LogP contribution in [0.3, 0.4) is 0 Å². The number of carbonyl (C=O) groups is 1. The van der Waals surface area contributed by atoms with Gasteiger partial charge in [-0.2, -0.15) is 5.26 Å². The van der Waals surface area contributed by atoms with E-state index in [1.54, 1.807) is 19.1 Å². The lowest BCUT2D eigenvalue weighted by atomic mass is 10.0. The number of nitriles is 1. The van der Waals surface area contributed by atoms with Gasteiger partial charge < -0.3 is 9.47 Å². The van der Waals surface area contributed by atoms with Gasteiger partial charge in [0.15, 0.2) is 5.75 Å². The van der Waals surface area contributed by atoms with Crippen molar-refractivity contribution in [1.29, 1.82) is 5.26 Å². The minimum atomic E-state index is -0.549. The van der Waals surface area contributed by atoms with Crippen molar-refractivity contribution in [3.63, 3.8) is 0 Å². The minimum Gasteiger partial charge on any atom is -0.490 e. The van der Waals surface area contributed by atoms with Crippen LogP contribution in [0.4, 0.5) is 5.69 Å². The predicted molar refractivity (Wildman–Crippen MR) is 80.8 cm³/mol. The topological polar surface area (TPSA) is 102 Å². The third-order valence-electron chi connectivity index (χ3n) is 3.75. The van der Waals surface area contributed by atoms with Crippen molar-refractivity contribution in [3.8, 4) is 11.8 Å². The maximum Gasteiger partial charge on any atom is 0.335 e. The molecule has 0 spiro atoms. The molecule has 1 fully saturated rings. The second kappa shape index (κ2) is 6.92. The van der Waals surface area contributed by atoms with E-state index in [4.69, 9.17) is 14.7 Å². The predicted octanol–water partition coefficient (Wildman–Crippen LogP) is 2.72. The summed E-state index contributed by atoms with van der Waals surface area (Å²) in [5, 5.41) is 20.2. The van der Waals surface area contributed by atoms with Crippen LogP contribution in [-0.4, -0.2) is 24.6 Å². The minimum absolute atomic E-state index is 0.0948. The molecule has 0 bridgehead atoms. The summed E-state index contributed by atoms with van der Waals surface area (Å²) in [7, 11) is 1.37. The number of para-hydroxylation sites is 1. The van der Waals surface area contributed by atoms with Crippen LogP contribution in [-0.2, 0) is 9.53 Å². The summed E-state index contributed by atoms with van der Waals surface area (Å²) in [6.45, 7) is 1.89. The van der Waals surface area contributed by atoms with Crippen molar-refractivity contribution in [2.24, 2.45) is 5.92 Å². The van der Waals surface area contributed by atoms with E-state index in [9.17, 15) is 14.9 Å². The molecule has 0 unspecified atom stereocenters. The number of nitro groups is 1. The molecule has 1 saturated carbocycles. The number of esters is 1. The van der Waals surface area contributed by atoms with Crippen LogP contribution in [0, 0.1) is 27.4 Å². The van der Waals surface area contributed by atoms with E-state index in [1.807, 2.05) is 6.07 Å². The van der Waals surface area contributed by atoms with Crippen LogP contribution in [0.2, 0.25) is 0 Å². The number of nitrogens with zero attached hydrogens (tertiary/aromatic N) is 2. The molecule has 0 aromatic heterocycles. The fourth-order valence-electron chi connectivity index (χ4n) is 2.68. The van der Waals surface area contributed by atoms with Crippen molar-refractivity contribution in [2.75, 3.05) is 13.7 Å². The van der Waals surface area contributed by atoms with E-state index in [2.05, 4.69) is 0 Å². The van der Waals surface area contributed by atoms with Crippen LogP contribution in [0.25, 0.3) is 0 Å². The quantitative estimate of drug-likeness (QED) is 0.263. The molecular weight excluding hydrogens is 300 g/mol. The molecule has 0 amide bonds. The van der Waals surface area contributed by atoms with Gasteiger partial charge in [-0.05, 0) is 31.2 Å². The van der Waals surface area contributed by atoms with E-state index < -0.39 is 10.9 Å². The Balaban J connectivity index is 2.33. The highest BCUT2D eigenvalue weighted by atomic mass is 16.6. The van der Waals surface area contributed by atoms with Crippen molar-refractivity contribution in [1.82, 2.24) is 0 Å². The second-order valence-corrected chi connectivity index (χ2v) is 5.05. The van der Waals surface area contributed by atoms with E-state index >= 15 is 0 Å². The second-order valence-electron chi connectivity index (χ2n) is 5.05. The highest BCUT2D eigenvalue weighted by molar-refractivity contribution is 5.90. The Morgan fingerprint density at radius 2 is 2.30 bits per heavy atom. The first-order chi connectivity index (χ1) is 11.0. The number of benzene rings is 1. The zero-order valence-electron chi connectivity index (χ0n) is 12.8. The number of allylic oxidation sites excluding steroid dienone is 1. The van der Waals surface area contributed by atoms with Crippen molar-refractivity contribution < 1.29 is 19.2 Å². The van der Waals surface area contributed by atoms with Gasteiger partial charge in [0, 0.05) is 11.6 Å². The average molecular weight is 316 g/mol. The van der Waals surface area contributed by atoms with Crippen LogP contribution in [0.15, 0.2) is 29.8 Å². The van der Waals surface area contributed by atoms with Crippen molar-refractivity contribution in [2.45, 2.75) is 19.3 Å². The van der Waals surface area contributed by atoms with Gasteiger partial charge in [0.05, 0.1) is 30.3 Å². The molecule has 0 saturated heterocycles. The molecule has 0 radical (unpaired) electrons. The lowest BCUT2D eigenvalue weighted by Gasteiger charge is -2.08. The van der Waals surface area contributed by atoms with Crippen LogP contribution < -0.4 is 4.74 Å². The van der Waals surface area contributed by atoms with Gasteiger partial charge in [0.2, 0.25) is 0 Å². The Kier molecular flexibility index (Phi) is 4.96. The number of rotatable bonds is 6. The van der Waals surface area contributed by atoms with Gasteiger partial charge in [-0.1, -0.05) is 12.1 Å². The third-order valence-corrected chi connectivity index (χ3v) is 3.75. The molecule has 0 heterocycles. The number of hydrogen-bond acceptors (Lipinski definition) is 6. The van der Waals surface area contributed by atoms with E-state index in [0.29, 0.717) is 12.0 Å². The number of nitro benzene ring substituents is 1. The van der Waals surface area contributed by atoms with Gasteiger partial charge in [-0.3, -0.25) is 10.1 Å². The average Bonchev–Trinajstić information content (AvgIpc) is 3.31. The summed E-state index contributed by atoms with van der Waals surface area (Å²) in [5.74, 6) is -0.818. The zero-order chi connectivity index (χ0) is 17.0. The maximum absolute atomic E-state index is 11.9. The van der Waals surface area contributed by atoms with E-state index in [0.717, 1.165) is 6.08 Å². The Hall–Kier alpha value is -2.88. The standard InChI is InChI=1S/C16H16N2O5/c1-3-23-16(19)11(7-8-17)13-9-12(13)10-5-4-6-14(22-2)15(10)18(20)21/h4-7,12-13H,3,9H2,1-2H3/b11-7-/t12-,13+/m1/s1. The van der Waals surface area contributed by atoms with E-state index in [1.165, 1.54) is 13.2 Å². The zero-order valence-corrected chi connectivity index (χ0v) is 12.8. The highest BCUT2D eigenvalue weighted by Crippen LogP contribution is 2.55. The van der Waals surface area contributed by atoms with Crippen LogP contribution >= 0.6 is 0 Å².